The van der Waals surface area contributed by atoms with Gasteiger partial charge >= 0.3 is 5.97 Å². The summed E-state index contributed by atoms with van der Waals surface area (Å²) in [5.74, 6) is -0.970. The number of nitrogens with zero attached hydrogens (tertiary/aromatic N) is 2. The van der Waals surface area contributed by atoms with E-state index in [0.717, 1.165) is 38.2 Å². The number of carboxylic acids is 1. The minimum atomic E-state index is -0.970. The number of likely N-dealkylation sites (tertiary alicyclic amines) is 1. The minimum Gasteiger partial charge on any atom is -0.477 e. The number of aromatic nitrogens is 1. The standard InChI is InChI=1S/C13H18N2O3/c1-18-11-8-15(9-11)7-3-5-10-4-2-6-12(14-10)13(16)17/h2,4,6,11H,3,5,7-9H2,1H3,(H,16,17). The molecular formula is C13H18N2O3. The van der Waals surface area contributed by atoms with Gasteiger partial charge in [0.05, 0.1) is 6.10 Å². The van der Waals surface area contributed by atoms with E-state index in [-0.39, 0.29) is 5.69 Å². The predicted octanol–water partition coefficient (Wildman–Crippen LogP) is 1.04. The number of hydrogen-bond donors (Lipinski definition) is 1. The number of aryl methyl sites for hydroxylation is 1. The SMILES string of the molecule is COC1CN(CCCc2cccc(C(=O)O)n2)C1. The number of pyridine rings is 1. The molecule has 0 spiro atoms. The van der Waals surface area contributed by atoms with Crippen LogP contribution >= 0.6 is 0 Å². The molecular weight excluding hydrogens is 232 g/mol. The zero-order valence-electron chi connectivity index (χ0n) is 10.5. The van der Waals surface area contributed by atoms with Crippen molar-refractivity contribution in [1.29, 1.82) is 0 Å². The molecule has 0 saturated carbocycles. The molecule has 5 heteroatoms. The van der Waals surface area contributed by atoms with Gasteiger partial charge in [0.25, 0.3) is 0 Å². The van der Waals surface area contributed by atoms with E-state index in [0.29, 0.717) is 6.10 Å². The third-order valence-corrected chi connectivity index (χ3v) is 3.19. The van der Waals surface area contributed by atoms with Gasteiger partial charge in [-0.3, -0.25) is 4.90 Å². The number of ether oxygens (including phenoxy) is 1. The van der Waals surface area contributed by atoms with Crippen LogP contribution < -0.4 is 0 Å². The maximum absolute atomic E-state index is 10.8. The Morgan fingerprint density at radius 2 is 2.33 bits per heavy atom. The van der Waals surface area contributed by atoms with Gasteiger partial charge in [0.15, 0.2) is 0 Å². The van der Waals surface area contributed by atoms with Crippen molar-refractivity contribution in [3.05, 3.63) is 29.6 Å². The van der Waals surface area contributed by atoms with E-state index in [4.69, 9.17) is 9.84 Å². The zero-order valence-corrected chi connectivity index (χ0v) is 10.5. The number of carbonyl (C=O) groups is 1. The topological polar surface area (TPSA) is 62.7 Å². The minimum absolute atomic E-state index is 0.121. The first-order valence-corrected chi connectivity index (χ1v) is 6.13. The maximum atomic E-state index is 10.8. The fraction of sp³-hybridized carbons (Fsp3) is 0.538. The van der Waals surface area contributed by atoms with Gasteiger partial charge in [0.2, 0.25) is 0 Å². The van der Waals surface area contributed by atoms with Crippen LogP contribution in [-0.4, -0.2) is 53.8 Å². The molecule has 1 aromatic rings. The molecule has 1 aliphatic heterocycles. The van der Waals surface area contributed by atoms with Gasteiger partial charge in [-0.1, -0.05) is 6.07 Å². The fourth-order valence-corrected chi connectivity index (χ4v) is 2.08. The number of methoxy groups -OCH3 is 1. The van der Waals surface area contributed by atoms with Crippen LogP contribution in [0.15, 0.2) is 18.2 Å². The molecule has 2 heterocycles. The van der Waals surface area contributed by atoms with Crippen molar-refractivity contribution in [2.45, 2.75) is 18.9 Å². The van der Waals surface area contributed by atoms with Crippen LogP contribution in [0.3, 0.4) is 0 Å². The van der Waals surface area contributed by atoms with Gasteiger partial charge in [-0.05, 0) is 31.5 Å². The molecule has 18 heavy (non-hydrogen) atoms. The highest BCUT2D eigenvalue weighted by Gasteiger charge is 2.25. The summed E-state index contributed by atoms with van der Waals surface area (Å²) in [5, 5.41) is 8.84. The Balaban J connectivity index is 1.73. The molecule has 0 bridgehead atoms. The molecule has 0 aromatic carbocycles. The third-order valence-electron chi connectivity index (χ3n) is 3.19. The van der Waals surface area contributed by atoms with Crippen LogP contribution in [0, 0.1) is 0 Å². The van der Waals surface area contributed by atoms with E-state index >= 15 is 0 Å². The van der Waals surface area contributed by atoms with Crippen LogP contribution in [0.4, 0.5) is 0 Å². The normalized spacial score (nSPS) is 16.5. The molecule has 1 saturated heterocycles. The third kappa shape index (κ3) is 3.27. The average molecular weight is 250 g/mol. The summed E-state index contributed by atoms with van der Waals surface area (Å²) in [6, 6.07) is 5.14. The smallest absolute Gasteiger partial charge is 0.354 e. The summed E-state index contributed by atoms with van der Waals surface area (Å²) < 4.78 is 5.20. The second-order valence-corrected chi connectivity index (χ2v) is 4.54. The zero-order chi connectivity index (χ0) is 13.0. The van der Waals surface area contributed by atoms with E-state index < -0.39 is 5.97 Å². The monoisotopic (exact) mass is 250 g/mol. The van der Waals surface area contributed by atoms with Crippen molar-refractivity contribution in [2.24, 2.45) is 0 Å². The number of carboxylic acid groups (broad SMARTS) is 1. The highest BCUT2D eigenvalue weighted by atomic mass is 16.5. The van der Waals surface area contributed by atoms with E-state index in [1.165, 1.54) is 6.07 Å². The van der Waals surface area contributed by atoms with Crippen molar-refractivity contribution in [1.82, 2.24) is 9.88 Å². The van der Waals surface area contributed by atoms with Gasteiger partial charge in [-0.25, -0.2) is 9.78 Å². The summed E-state index contributed by atoms with van der Waals surface area (Å²) >= 11 is 0. The molecule has 5 nitrogen and oxygen atoms in total. The molecule has 1 fully saturated rings. The Hall–Kier alpha value is -1.46. The Labute approximate surface area is 106 Å². The fourth-order valence-electron chi connectivity index (χ4n) is 2.08. The van der Waals surface area contributed by atoms with E-state index in [1.807, 2.05) is 6.07 Å². The van der Waals surface area contributed by atoms with E-state index in [9.17, 15) is 4.79 Å². The van der Waals surface area contributed by atoms with Crippen molar-refractivity contribution in [2.75, 3.05) is 26.7 Å². The number of hydrogen-bond acceptors (Lipinski definition) is 4. The van der Waals surface area contributed by atoms with Crippen LogP contribution in [0.25, 0.3) is 0 Å². The Kier molecular flexibility index (Phi) is 4.28. The first kappa shape index (κ1) is 13.0. The van der Waals surface area contributed by atoms with Gasteiger partial charge in [0, 0.05) is 25.9 Å². The second kappa shape index (κ2) is 5.93. The Bertz CT molecular complexity index is 416. The lowest BCUT2D eigenvalue weighted by atomic mass is 10.1. The lowest BCUT2D eigenvalue weighted by molar-refractivity contribution is -0.0294. The van der Waals surface area contributed by atoms with Gasteiger partial charge in [0.1, 0.15) is 5.69 Å². The van der Waals surface area contributed by atoms with Crippen LogP contribution in [0.1, 0.15) is 22.6 Å². The van der Waals surface area contributed by atoms with Gasteiger partial charge in [-0.2, -0.15) is 0 Å². The first-order chi connectivity index (χ1) is 8.69. The summed E-state index contributed by atoms with van der Waals surface area (Å²) in [5.41, 5.74) is 0.967. The molecule has 2 rings (SSSR count). The summed E-state index contributed by atoms with van der Waals surface area (Å²) in [4.78, 5) is 17.2. The average Bonchev–Trinajstić information content (AvgIpc) is 2.32. The molecule has 0 aliphatic carbocycles. The predicted molar refractivity (Wildman–Crippen MR) is 66.8 cm³/mol. The molecule has 1 aliphatic rings. The molecule has 0 amide bonds. The molecule has 1 aromatic heterocycles. The van der Waals surface area contributed by atoms with Crippen molar-refractivity contribution in [3.63, 3.8) is 0 Å². The van der Waals surface area contributed by atoms with Crippen LogP contribution in [-0.2, 0) is 11.2 Å². The highest BCUT2D eigenvalue weighted by Crippen LogP contribution is 2.12. The Morgan fingerprint density at radius 1 is 1.56 bits per heavy atom. The van der Waals surface area contributed by atoms with Crippen LogP contribution in [0.2, 0.25) is 0 Å². The van der Waals surface area contributed by atoms with Crippen LogP contribution in [0.5, 0.6) is 0 Å². The Morgan fingerprint density at radius 3 is 3.00 bits per heavy atom. The van der Waals surface area contributed by atoms with Crippen molar-refractivity contribution in [3.8, 4) is 0 Å². The maximum Gasteiger partial charge on any atom is 0.354 e. The second-order valence-electron chi connectivity index (χ2n) is 4.54. The largest absolute Gasteiger partial charge is 0.477 e. The van der Waals surface area contributed by atoms with Gasteiger partial charge in [-0.15, -0.1) is 0 Å². The molecule has 0 radical (unpaired) electrons. The quantitative estimate of drug-likeness (QED) is 0.817. The molecule has 0 unspecified atom stereocenters. The summed E-state index contributed by atoms with van der Waals surface area (Å²) in [7, 11) is 1.74. The van der Waals surface area contributed by atoms with Gasteiger partial charge < -0.3 is 9.84 Å². The molecule has 98 valence electrons. The summed E-state index contributed by atoms with van der Waals surface area (Å²) in [6.07, 6.45) is 2.19. The highest BCUT2D eigenvalue weighted by molar-refractivity contribution is 5.85. The molecule has 1 N–H and O–H groups in total. The lowest BCUT2D eigenvalue weighted by Crippen LogP contribution is -2.51. The van der Waals surface area contributed by atoms with E-state index in [2.05, 4.69) is 9.88 Å². The van der Waals surface area contributed by atoms with E-state index in [1.54, 1.807) is 13.2 Å². The first-order valence-electron chi connectivity index (χ1n) is 6.13. The van der Waals surface area contributed by atoms with Crippen molar-refractivity contribution >= 4 is 5.97 Å². The number of aromatic carboxylic acids is 1. The summed E-state index contributed by atoms with van der Waals surface area (Å²) in [6.45, 7) is 3.01. The lowest BCUT2D eigenvalue weighted by Gasteiger charge is -2.38. The number of rotatable bonds is 6. The molecule has 0 atom stereocenters. The van der Waals surface area contributed by atoms with Crippen molar-refractivity contribution < 1.29 is 14.6 Å².